The van der Waals surface area contributed by atoms with Gasteiger partial charge >= 0.3 is 0 Å². The molecule has 5 N–H and O–H groups in total. The zero-order valence-electron chi connectivity index (χ0n) is 20.1. The lowest BCUT2D eigenvalue weighted by Crippen LogP contribution is -1.98. The first-order valence-corrected chi connectivity index (χ1v) is 12.2. The summed E-state index contributed by atoms with van der Waals surface area (Å²) < 4.78 is 5.19. The Morgan fingerprint density at radius 1 is 0.556 bits per heavy atom. The van der Waals surface area contributed by atoms with Crippen LogP contribution >= 0.6 is 0 Å². The van der Waals surface area contributed by atoms with Crippen LogP contribution in [0.1, 0.15) is 5.56 Å². The molecule has 0 atom stereocenters. The van der Waals surface area contributed by atoms with Gasteiger partial charge in [0, 0.05) is 23.9 Å². The summed E-state index contributed by atoms with van der Waals surface area (Å²) in [6.07, 6.45) is 3.14. The summed E-state index contributed by atoms with van der Waals surface area (Å²) in [5.74, 6) is 0.956. The topological polar surface area (TPSA) is 73.1 Å². The molecule has 0 saturated heterocycles. The summed E-state index contributed by atoms with van der Waals surface area (Å²) in [5, 5.41) is 14.0. The number of aromatic nitrogens is 1. The normalized spacial score (nSPS) is 13.1. The van der Waals surface area contributed by atoms with Crippen LogP contribution in [-0.4, -0.2) is 24.9 Å². The molecule has 8 rings (SSSR count). The van der Waals surface area contributed by atoms with Crippen LogP contribution < -0.4 is 26.0 Å². The van der Waals surface area contributed by atoms with Crippen LogP contribution in [-0.2, 0) is 6.42 Å². The second-order valence-electron chi connectivity index (χ2n) is 8.44. The highest BCUT2D eigenvalue weighted by Gasteiger charge is 2.07. The van der Waals surface area contributed by atoms with E-state index in [4.69, 9.17) is 4.74 Å². The molecule has 0 bridgehead atoms. The molecule has 3 aliphatic heterocycles. The average Bonchev–Trinajstić information content (AvgIpc) is 3.76. The van der Waals surface area contributed by atoms with Gasteiger partial charge in [0.25, 0.3) is 0 Å². The molecule has 0 fully saturated rings. The fourth-order valence-corrected chi connectivity index (χ4v) is 4.19. The zero-order chi connectivity index (χ0) is 24.4. The van der Waals surface area contributed by atoms with E-state index in [1.165, 1.54) is 39.9 Å². The van der Waals surface area contributed by atoms with E-state index in [0.29, 0.717) is 6.73 Å². The summed E-state index contributed by atoms with van der Waals surface area (Å²) in [4.78, 5) is 3.12. The Morgan fingerprint density at radius 2 is 1.22 bits per heavy atom. The summed E-state index contributed by atoms with van der Waals surface area (Å²) in [6, 6.07) is 34.8. The van der Waals surface area contributed by atoms with Gasteiger partial charge in [-0.1, -0.05) is 60.7 Å². The molecule has 0 aliphatic carbocycles. The number of ether oxygens (including phenoxy) is 1. The highest BCUT2D eigenvalue weighted by Crippen LogP contribution is 2.27. The number of rotatable bonds is 0. The quantitative estimate of drug-likeness (QED) is 0.171. The van der Waals surface area contributed by atoms with Crippen LogP contribution in [0, 0.1) is 0 Å². The molecular formula is C30H31N5O. The van der Waals surface area contributed by atoms with Crippen molar-refractivity contribution in [3.05, 3.63) is 115 Å². The van der Waals surface area contributed by atoms with Crippen LogP contribution in [0.4, 0.5) is 22.7 Å². The number of H-pyrrole nitrogens is 1. The first-order valence-electron chi connectivity index (χ1n) is 12.2. The number of nitrogens with one attached hydrogen (secondary N) is 5. The first-order chi connectivity index (χ1) is 17.9. The summed E-state index contributed by atoms with van der Waals surface area (Å²) >= 11 is 0. The van der Waals surface area contributed by atoms with Crippen molar-refractivity contribution in [1.82, 2.24) is 4.98 Å². The van der Waals surface area contributed by atoms with E-state index in [0.717, 1.165) is 24.7 Å². The van der Waals surface area contributed by atoms with Gasteiger partial charge < -0.3 is 31.0 Å². The lowest BCUT2D eigenvalue weighted by molar-refractivity contribution is 0.372. The summed E-state index contributed by atoms with van der Waals surface area (Å²) in [6.45, 7) is 2.58. The van der Waals surface area contributed by atoms with Gasteiger partial charge in [-0.05, 0) is 59.8 Å². The van der Waals surface area contributed by atoms with Crippen molar-refractivity contribution in [2.75, 3.05) is 41.2 Å². The maximum Gasteiger partial charge on any atom is 0.159 e. The van der Waals surface area contributed by atoms with Crippen molar-refractivity contribution in [3.63, 3.8) is 0 Å². The minimum absolute atomic E-state index is 0.610. The molecule has 5 aromatic rings. The van der Waals surface area contributed by atoms with Crippen molar-refractivity contribution in [2.24, 2.45) is 0 Å². The lowest BCUT2D eigenvalue weighted by atomic mass is 10.2. The number of anilines is 4. The summed E-state index contributed by atoms with van der Waals surface area (Å²) in [7, 11) is 0. The Hall–Kier alpha value is -4.58. The predicted octanol–water partition coefficient (Wildman–Crippen LogP) is 6.75. The molecule has 0 radical (unpaired) electrons. The van der Waals surface area contributed by atoms with E-state index in [2.05, 4.69) is 80.8 Å². The van der Waals surface area contributed by atoms with Gasteiger partial charge in [0.2, 0.25) is 0 Å². The standard InChI is InChI=1S/C8H9N.C8H7N.C7H8N2.C7H7NO/c2*1-2-4-8-7(3-1)5-6-9-8;2*1-2-4-7-6(3-1)8-5-9-7/h1-4,9H,5-6H2;1-6,9H;1-4,8-9H,5H2;1-4,8H,5H2. The van der Waals surface area contributed by atoms with Gasteiger partial charge in [0.1, 0.15) is 5.75 Å². The van der Waals surface area contributed by atoms with Crippen LogP contribution in [0.25, 0.3) is 10.9 Å². The molecule has 36 heavy (non-hydrogen) atoms. The number of fused-ring (bicyclic) bond motifs is 4. The minimum atomic E-state index is 0.610. The van der Waals surface area contributed by atoms with Crippen molar-refractivity contribution < 1.29 is 4.74 Å². The van der Waals surface area contributed by atoms with Crippen LogP contribution in [0.15, 0.2) is 109 Å². The maximum atomic E-state index is 5.19. The molecule has 3 aliphatic rings. The van der Waals surface area contributed by atoms with Gasteiger partial charge in [-0.15, -0.1) is 0 Å². The molecule has 1 aromatic heterocycles. The first kappa shape index (κ1) is 23.2. The minimum Gasteiger partial charge on any atom is -0.471 e. The van der Waals surface area contributed by atoms with Gasteiger partial charge in [-0.25, -0.2) is 0 Å². The molecule has 0 spiro atoms. The van der Waals surface area contributed by atoms with Crippen molar-refractivity contribution in [3.8, 4) is 5.75 Å². The third-order valence-corrected chi connectivity index (χ3v) is 6.05. The highest BCUT2D eigenvalue weighted by atomic mass is 16.5. The Labute approximate surface area is 211 Å². The zero-order valence-corrected chi connectivity index (χ0v) is 20.1. The average molecular weight is 478 g/mol. The van der Waals surface area contributed by atoms with Crippen LogP contribution in [0.2, 0.25) is 0 Å². The van der Waals surface area contributed by atoms with Gasteiger partial charge in [0.05, 0.1) is 23.7 Å². The molecule has 4 aromatic carbocycles. The number of hydrogen-bond acceptors (Lipinski definition) is 5. The Morgan fingerprint density at radius 3 is 1.97 bits per heavy atom. The second-order valence-corrected chi connectivity index (χ2v) is 8.44. The summed E-state index contributed by atoms with van der Waals surface area (Å²) in [5.41, 5.74) is 7.49. The molecule has 0 saturated carbocycles. The maximum absolute atomic E-state index is 5.19. The number of para-hydroxylation sites is 6. The van der Waals surface area contributed by atoms with E-state index in [1.807, 2.05) is 54.7 Å². The number of aromatic amines is 1. The SMILES string of the molecule is c1ccc2[nH]ccc2c1.c1ccc2c(c1)CCN2.c1ccc2c(c1)NCN2.c1ccc2c(c1)NCO2. The lowest BCUT2D eigenvalue weighted by Gasteiger charge is -1.94. The third kappa shape index (κ3) is 5.91. The second kappa shape index (κ2) is 11.7. The van der Waals surface area contributed by atoms with E-state index in [-0.39, 0.29) is 0 Å². The van der Waals surface area contributed by atoms with Gasteiger partial charge in [0.15, 0.2) is 6.73 Å². The molecule has 4 heterocycles. The van der Waals surface area contributed by atoms with Gasteiger partial charge in [-0.2, -0.15) is 0 Å². The predicted molar refractivity (Wildman–Crippen MR) is 151 cm³/mol. The molecular weight excluding hydrogens is 446 g/mol. The molecule has 0 amide bonds. The smallest absolute Gasteiger partial charge is 0.159 e. The van der Waals surface area contributed by atoms with Crippen molar-refractivity contribution in [1.29, 1.82) is 0 Å². The molecule has 6 nitrogen and oxygen atoms in total. The van der Waals surface area contributed by atoms with Crippen LogP contribution in [0.3, 0.4) is 0 Å². The highest BCUT2D eigenvalue weighted by molar-refractivity contribution is 5.78. The van der Waals surface area contributed by atoms with Crippen molar-refractivity contribution >= 4 is 33.7 Å². The molecule has 182 valence electrons. The Kier molecular flexibility index (Phi) is 7.54. The third-order valence-electron chi connectivity index (χ3n) is 6.05. The Bertz CT molecular complexity index is 1180. The van der Waals surface area contributed by atoms with E-state index >= 15 is 0 Å². The molecule has 6 heteroatoms. The van der Waals surface area contributed by atoms with Crippen LogP contribution in [0.5, 0.6) is 5.75 Å². The van der Waals surface area contributed by atoms with E-state index in [9.17, 15) is 0 Å². The molecule has 0 unspecified atom stereocenters. The van der Waals surface area contributed by atoms with E-state index in [1.54, 1.807) is 0 Å². The van der Waals surface area contributed by atoms with Gasteiger partial charge in [-0.3, -0.25) is 0 Å². The number of benzene rings is 4. The largest absolute Gasteiger partial charge is 0.471 e. The fraction of sp³-hybridized carbons (Fsp3) is 0.133. The van der Waals surface area contributed by atoms with Crippen molar-refractivity contribution in [2.45, 2.75) is 6.42 Å². The number of hydrogen-bond donors (Lipinski definition) is 5. The Balaban J connectivity index is 0.0000000988. The van der Waals surface area contributed by atoms with E-state index < -0.39 is 0 Å². The monoisotopic (exact) mass is 477 g/mol. The fourth-order valence-electron chi connectivity index (χ4n) is 4.19.